The largest absolute Gasteiger partial charge is 0.341 e. The number of aromatic nitrogens is 2. The molecule has 0 unspecified atom stereocenters. The number of fused-ring (bicyclic) bond motifs is 1. The number of carbonyl (C=O) groups is 1. The minimum Gasteiger partial charge on any atom is -0.341 e. The van der Waals surface area contributed by atoms with Crippen molar-refractivity contribution in [3.05, 3.63) is 112 Å². The van der Waals surface area contributed by atoms with Crippen LogP contribution in [0.25, 0.3) is 27.0 Å². The van der Waals surface area contributed by atoms with E-state index < -0.39 is 0 Å². The molecule has 36 heavy (non-hydrogen) atoms. The van der Waals surface area contributed by atoms with Gasteiger partial charge in [-0.1, -0.05) is 90.6 Å². The van der Waals surface area contributed by atoms with Gasteiger partial charge in [-0.3, -0.25) is 14.2 Å². The summed E-state index contributed by atoms with van der Waals surface area (Å²) in [5, 5.41) is 1.13. The van der Waals surface area contributed by atoms with Crippen molar-refractivity contribution >= 4 is 39.2 Å². The highest BCUT2D eigenvalue weighted by molar-refractivity contribution is 7.99. The standard InChI is InChI=1S/C29H25N3O2S2/c1-20-25(22-14-8-4-9-15-22)26-27(36-20)30-29(32(28(26)34)23-16-10-5-11-17-23)35-19-24(33)31(2)18-21-12-6-3-7-13-21/h3-17H,18-19H2,1-2H3. The van der Waals surface area contributed by atoms with Crippen LogP contribution in [0.4, 0.5) is 0 Å². The first-order valence-electron chi connectivity index (χ1n) is 11.6. The Morgan fingerprint density at radius 1 is 0.944 bits per heavy atom. The number of aryl methyl sites for hydroxylation is 1. The fourth-order valence-corrected chi connectivity index (χ4v) is 6.22. The van der Waals surface area contributed by atoms with E-state index in [0.29, 0.717) is 21.9 Å². The van der Waals surface area contributed by atoms with Crippen LogP contribution in [0.1, 0.15) is 10.4 Å². The average Bonchev–Trinajstić information content (AvgIpc) is 3.24. The highest BCUT2D eigenvalue weighted by atomic mass is 32.2. The highest BCUT2D eigenvalue weighted by Crippen LogP contribution is 2.37. The molecule has 3 aromatic carbocycles. The Hall–Kier alpha value is -3.68. The third-order valence-electron chi connectivity index (χ3n) is 5.96. The molecule has 0 spiro atoms. The zero-order valence-electron chi connectivity index (χ0n) is 20.0. The molecule has 2 aromatic heterocycles. The van der Waals surface area contributed by atoms with Gasteiger partial charge in [-0.2, -0.15) is 0 Å². The molecular weight excluding hydrogens is 486 g/mol. The summed E-state index contributed by atoms with van der Waals surface area (Å²) < 4.78 is 1.63. The molecule has 180 valence electrons. The van der Waals surface area contributed by atoms with E-state index in [1.165, 1.54) is 23.1 Å². The molecule has 0 radical (unpaired) electrons. The highest BCUT2D eigenvalue weighted by Gasteiger charge is 2.22. The first kappa shape index (κ1) is 24.0. The van der Waals surface area contributed by atoms with E-state index in [1.54, 1.807) is 16.5 Å². The summed E-state index contributed by atoms with van der Waals surface area (Å²) in [5.74, 6) is 0.162. The fraction of sp³-hybridized carbons (Fsp3) is 0.138. The number of benzene rings is 3. The quantitative estimate of drug-likeness (QED) is 0.194. The Kier molecular flexibility index (Phi) is 7.02. The molecule has 2 heterocycles. The first-order valence-corrected chi connectivity index (χ1v) is 13.4. The number of amides is 1. The molecule has 0 atom stereocenters. The Balaban J connectivity index is 1.53. The van der Waals surface area contributed by atoms with Gasteiger partial charge in [-0.15, -0.1) is 11.3 Å². The number of thiophene rings is 1. The minimum absolute atomic E-state index is 0.0230. The number of hydrogen-bond donors (Lipinski definition) is 0. The van der Waals surface area contributed by atoms with Gasteiger partial charge in [0.1, 0.15) is 4.83 Å². The molecule has 5 nitrogen and oxygen atoms in total. The second-order valence-corrected chi connectivity index (χ2v) is 10.6. The lowest BCUT2D eigenvalue weighted by Gasteiger charge is -2.18. The lowest BCUT2D eigenvalue weighted by molar-refractivity contribution is -0.127. The van der Waals surface area contributed by atoms with Crippen molar-refractivity contribution in [1.82, 2.24) is 14.5 Å². The number of nitrogens with zero attached hydrogens (tertiary/aromatic N) is 3. The van der Waals surface area contributed by atoms with E-state index in [1.807, 2.05) is 97.9 Å². The molecule has 0 bridgehead atoms. The normalized spacial score (nSPS) is 11.1. The molecule has 1 amide bonds. The van der Waals surface area contributed by atoms with Gasteiger partial charge in [-0.05, 0) is 30.2 Å². The smallest absolute Gasteiger partial charge is 0.268 e. The van der Waals surface area contributed by atoms with Crippen molar-refractivity contribution in [3.63, 3.8) is 0 Å². The van der Waals surface area contributed by atoms with Gasteiger partial charge in [-0.25, -0.2) is 4.98 Å². The number of para-hydroxylation sites is 1. The molecule has 0 saturated heterocycles. The van der Waals surface area contributed by atoms with Gasteiger partial charge in [0.05, 0.1) is 16.8 Å². The fourth-order valence-electron chi connectivity index (χ4n) is 4.18. The predicted octanol–water partition coefficient (Wildman–Crippen LogP) is 6.17. The maximum absolute atomic E-state index is 14.0. The summed E-state index contributed by atoms with van der Waals surface area (Å²) in [6.45, 7) is 2.55. The zero-order valence-corrected chi connectivity index (χ0v) is 21.7. The van der Waals surface area contributed by atoms with Crippen LogP contribution < -0.4 is 5.56 Å². The molecule has 0 saturated carbocycles. The molecule has 0 aliphatic carbocycles. The van der Waals surface area contributed by atoms with Gasteiger partial charge in [0, 0.05) is 24.0 Å². The summed E-state index contributed by atoms with van der Waals surface area (Å²) in [6, 6.07) is 29.3. The maximum atomic E-state index is 14.0. The van der Waals surface area contributed by atoms with E-state index in [9.17, 15) is 9.59 Å². The van der Waals surface area contributed by atoms with Gasteiger partial charge in [0.15, 0.2) is 5.16 Å². The summed E-state index contributed by atoms with van der Waals surface area (Å²) in [7, 11) is 1.80. The van der Waals surface area contributed by atoms with E-state index >= 15 is 0 Å². The van der Waals surface area contributed by atoms with E-state index in [0.717, 1.165) is 27.3 Å². The Morgan fingerprint density at radius 3 is 2.22 bits per heavy atom. The van der Waals surface area contributed by atoms with Gasteiger partial charge < -0.3 is 4.90 Å². The molecule has 0 N–H and O–H groups in total. The third kappa shape index (κ3) is 4.85. The Bertz CT molecular complexity index is 1560. The number of hydrogen-bond acceptors (Lipinski definition) is 5. The van der Waals surface area contributed by atoms with Crippen LogP contribution in [0.15, 0.2) is 101 Å². The Morgan fingerprint density at radius 2 is 1.56 bits per heavy atom. The summed E-state index contributed by atoms with van der Waals surface area (Å²) >= 11 is 2.81. The van der Waals surface area contributed by atoms with Crippen molar-refractivity contribution < 1.29 is 4.79 Å². The lowest BCUT2D eigenvalue weighted by Crippen LogP contribution is -2.28. The van der Waals surface area contributed by atoms with E-state index in [4.69, 9.17) is 4.98 Å². The van der Waals surface area contributed by atoms with Crippen molar-refractivity contribution in [3.8, 4) is 16.8 Å². The number of carbonyl (C=O) groups excluding carboxylic acids is 1. The first-order chi connectivity index (χ1) is 17.5. The minimum atomic E-state index is -0.123. The molecule has 0 aliphatic heterocycles. The van der Waals surface area contributed by atoms with Crippen LogP contribution in [-0.4, -0.2) is 33.2 Å². The molecule has 0 fully saturated rings. The topological polar surface area (TPSA) is 55.2 Å². The monoisotopic (exact) mass is 511 g/mol. The molecular formula is C29H25N3O2S2. The van der Waals surface area contributed by atoms with Crippen LogP contribution in [0.2, 0.25) is 0 Å². The second kappa shape index (κ2) is 10.5. The Labute approximate surface area is 218 Å². The van der Waals surface area contributed by atoms with Crippen LogP contribution in [0.3, 0.4) is 0 Å². The maximum Gasteiger partial charge on any atom is 0.268 e. The van der Waals surface area contributed by atoms with Gasteiger partial charge >= 0.3 is 0 Å². The van der Waals surface area contributed by atoms with Crippen LogP contribution >= 0.6 is 23.1 Å². The van der Waals surface area contributed by atoms with Crippen molar-refractivity contribution in [2.24, 2.45) is 0 Å². The second-order valence-electron chi connectivity index (χ2n) is 8.47. The number of thioether (sulfide) groups is 1. The third-order valence-corrected chi connectivity index (χ3v) is 7.88. The molecule has 0 aliphatic rings. The van der Waals surface area contributed by atoms with Crippen molar-refractivity contribution in [1.29, 1.82) is 0 Å². The molecule has 5 rings (SSSR count). The molecule has 5 aromatic rings. The SMILES string of the molecule is Cc1sc2nc(SCC(=O)N(C)Cc3ccccc3)n(-c3ccccc3)c(=O)c2c1-c1ccccc1. The zero-order chi connectivity index (χ0) is 25.1. The summed E-state index contributed by atoms with van der Waals surface area (Å²) in [5.41, 5.74) is 3.60. The van der Waals surface area contributed by atoms with Crippen LogP contribution in [0, 0.1) is 6.92 Å². The average molecular weight is 512 g/mol. The number of rotatable bonds is 7. The lowest BCUT2D eigenvalue weighted by atomic mass is 10.0. The van der Waals surface area contributed by atoms with Crippen LogP contribution in [-0.2, 0) is 11.3 Å². The van der Waals surface area contributed by atoms with Crippen molar-refractivity contribution in [2.75, 3.05) is 12.8 Å². The van der Waals surface area contributed by atoms with Crippen molar-refractivity contribution in [2.45, 2.75) is 18.6 Å². The van der Waals surface area contributed by atoms with Gasteiger partial charge in [0.25, 0.3) is 5.56 Å². The summed E-state index contributed by atoms with van der Waals surface area (Å²) in [6.07, 6.45) is 0. The summed E-state index contributed by atoms with van der Waals surface area (Å²) in [4.78, 5) is 35.3. The van der Waals surface area contributed by atoms with Gasteiger partial charge in [0.2, 0.25) is 5.91 Å². The van der Waals surface area contributed by atoms with Crippen LogP contribution in [0.5, 0.6) is 0 Å². The van der Waals surface area contributed by atoms with E-state index in [2.05, 4.69) is 0 Å². The predicted molar refractivity (Wildman–Crippen MR) is 149 cm³/mol. The van der Waals surface area contributed by atoms with E-state index in [-0.39, 0.29) is 17.2 Å². The molecule has 7 heteroatoms.